The largest absolute Gasteiger partial charge is 0.0599 e. The molecule has 77 heavy (non-hydrogen) atoms. The van der Waals surface area contributed by atoms with Crippen molar-refractivity contribution in [3.05, 3.63) is 177 Å². The van der Waals surface area contributed by atoms with E-state index in [0.29, 0.717) is 5.41 Å². The van der Waals surface area contributed by atoms with Crippen molar-refractivity contribution in [2.24, 2.45) is 5.41 Å². The summed E-state index contributed by atoms with van der Waals surface area (Å²) >= 11 is 0. The molecule has 0 saturated heterocycles. The lowest BCUT2D eigenvalue weighted by atomic mass is 9.81. The SMILES string of the molecule is CC(C)(C)Cc1ccc(C(C)(C)C)cc1.CC(C)(C)c1ccc(C2CCCC2)cc1.CC(C)(C)c1ccc(C2CCCCC2)cc1.[2H]C1(c2ccc(C(C)(C)C)cc2)CCCC1.[2H]C1(c2ccc(C(C)(C)C)cc2)CCCCC1. The number of hydrogen-bond acceptors (Lipinski definition) is 0. The predicted octanol–water partition coefficient (Wildman–Crippen LogP) is 23.9. The van der Waals surface area contributed by atoms with E-state index in [9.17, 15) is 0 Å². The molecule has 4 saturated carbocycles. The molecule has 0 spiro atoms. The van der Waals surface area contributed by atoms with Crippen molar-refractivity contribution in [1.29, 1.82) is 0 Å². The average Bonchev–Trinajstić information content (AvgIpc) is 4.11. The van der Waals surface area contributed by atoms with Crippen LogP contribution >= 0.6 is 0 Å². The average molecular weight is 1040 g/mol. The molecule has 4 aliphatic carbocycles. The molecule has 4 fully saturated rings. The van der Waals surface area contributed by atoms with Crippen LogP contribution in [-0.4, -0.2) is 0 Å². The van der Waals surface area contributed by atoms with Gasteiger partial charge in [-0.1, -0.05) is 310 Å². The van der Waals surface area contributed by atoms with Crippen molar-refractivity contribution >= 4 is 0 Å². The van der Waals surface area contributed by atoms with E-state index in [4.69, 9.17) is 2.74 Å². The smallest absolute Gasteiger partial charge is 0.0352 e. The van der Waals surface area contributed by atoms with E-state index in [-0.39, 0.29) is 38.9 Å². The maximum atomic E-state index is 8.59. The molecule has 0 amide bonds. The van der Waals surface area contributed by atoms with E-state index in [0.717, 1.165) is 43.9 Å². The first-order valence-corrected chi connectivity index (χ1v) is 31.2. The summed E-state index contributed by atoms with van der Waals surface area (Å²) in [5, 5.41) is 0. The molecule has 5 aromatic carbocycles. The van der Waals surface area contributed by atoms with Crippen LogP contribution in [0.15, 0.2) is 121 Å². The molecule has 0 unspecified atom stereocenters. The summed E-state index contributed by atoms with van der Waals surface area (Å²) in [6.45, 7) is 40.7. The fraction of sp³-hybridized carbons (Fsp3) is 0.610. The van der Waals surface area contributed by atoms with E-state index in [1.165, 1.54) is 134 Å². The van der Waals surface area contributed by atoms with E-state index >= 15 is 0 Å². The van der Waals surface area contributed by atoms with E-state index < -0.39 is 0 Å². The molecule has 0 heterocycles. The number of rotatable bonds is 5. The van der Waals surface area contributed by atoms with Crippen LogP contribution in [0.5, 0.6) is 0 Å². The number of benzene rings is 5. The zero-order chi connectivity index (χ0) is 58.5. The summed E-state index contributed by atoms with van der Waals surface area (Å²) in [4.78, 5) is 0. The van der Waals surface area contributed by atoms with Crippen molar-refractivity contribution in [3.8, 4) is 0 Å². The van der Waals surface area contributed by atoms with Gasteiger partial charge in [-0.15, -0.1) is 0 Å². The first kappa shape index (κ1) is 60.7. The van der Waals surface area contributed by atoms with Gasteiger partial charge in [0.2, 0.25) is 0 Å². The summed E-state index contributed by atoms with van der Waals surface area (Å²) < 4.78 is 17.0. The fourth-order valence-electron chi connectivity index (χ4n) is 11.7. The standard InChI is InChI=1S/2C16H24.2C15H22.C15H24/c2*1-16(2,3)15-11-9-14(10-12-15)13-7-5-4-6-8-13;2*1-15(2,3)14-10-8-13(9-11-14)12-6-4-5-7-12;1-14(2,3)11-12-7-9-13(10-8-12)15(4,5)6/h2*9-13H,4-8H2,1-3H3;2*8-12H,4-7H2,1-3H3;7-10H,11H2,1-6H3/i13D;;12D;;. The molecule has 5 aromatic rings. The Labute approximate surface area is 480 Å². The van der Waals surface area contributed by atoms with Crippen molar-refractivity contribution in [2.45, 2.75) is 297 Å². The van der Waals surface area contributed by atoms with Crippen molar-refractivity contribution in [3.63, 3.8) is 0 Å². The highest BCUT2D eigenvalue weighted by Crippen LogP contribution is 2.38. The summed E-state index contributed by atoms with van der Waals surface area (Å²) in [6.07, 6.45) is 24.1. The maximum Gasteiger partial charge on any atom is 0.0352 e. The summed E-state index contributed by atoms with van der Waals surface area (Å²) in [5.74, 6) is 1.08. The molecule has 4 aliphatic rings. The van der Waals surface area contributed by atoms with Gasteiger partial charge in [-0.05, 0) is 170 Å². The Kier molecular flexibility index (Phi) is 22.5. The van der Waals surface area contributed by atoms with Gasteiger partial charge in [0.05, 0.1) is 0 Å². The second-order valence-corrected chi connectivity index (χ2v) is 30.4. The first-order chi connectivity index (χ1) is 36.7. The van der Waals surface area contributed by atoms with Gasteiger partial charge < -0.3 is 0 Å². The third kappa shape index (κ3) is 21.9. The molecule has 0 bridgehead atoms. The molecule has 0 N–H and O–H groups in total. The lowest BCUT2D eigenvalue weighted by molar-refractivity contribution is 0.411. The van der Waals surface area contributed by atoms with Gasteiger partial charge >= 0.3 is 0 Å². The first-order valence-electron chi connectivity index (χ1n) is 32.2. The van der Waals surface area contributed by atoms with Gasteiger partial charge in [-0.25, -0.2) is 0 Å². The molecule has 0 heteroatoms. The third-order valence-corrected chi connectivity index (χ3v) is 17.0. The maximum absolute atomic E-state index is 8.59. The molecule has 0 nitrogen and oxygen atoms in total. The Balaban J connectivity index is 0.000000182. The second kappa shape index (κ2) is 28.5. The molecule has 0 aliphatic heterocycles. The van der Waals surface area contributed by atoms with Crippen molar-refractivity contribution in [1.82, 2.24) is 0 Å². The van der Waals surface area contributed by atoms with Crippen LogP contribution in [0.4, 0.5) is 0 Å². The minimum atomic E-state index is -0.311. The molecule has 424 valence electrons. The van der Waals surface area contributed by atoms with Crippen LogP contribution in [0.1, 0.15) is 322 Å². The predicted molar refractivity (Wildman–Crippen MR) is 343 cm³/mol. The highest BCUT2D eigenvalue weighted by Gasteiger charge is 2.23. The van der Waals surface area contributed by atoms with Gasteiger partial charge in [0.15, 0.2) is 0 Å². The Bertz CT molecular complexity index is 2490. The Hall–Kier alpha value is -3.90. The lowest BCUT2D eigenvalue weighted by Gasteiger charge is -2.24. The summed E-state index contributed by atoms with van der Waals surface area (Å²) in [5.41, 5.74) is 15.6. The topological polar surface area (TPSA) is 0 Å². The zero-order valence-corrected chi connectivity index (χ0v) is 53.1. The zero-order valence-electron chi connectivity index (χ0n) is 55.1. The van der Waals surface area contributed by atoms with Crippen LogP contribution in [0.3, 0.4) is 0 Å². The van der Waals surface area contributed by atoms with Gasteiger partial charge in [-0.3, -0.25) is 0 Å². The quantitative estimate of drug-likeness (QED) is 0.165. The summed E-state index contributed by atoms with van der Waals surface area (Å²) in [7, 11) is 0. The minimum Gasteiger partial charge on any atom is -0.0599 e. The molecular formula is C77H116. The molecule has 0 radical (unpaired) electrons. The Morgan fingerprint density at radius 3 is 0.727 bits per heavy atom. The van der Waals surface area contributed by atoms with E-state index in [1.807, 2.05) is 0 Å². The highest BCUT2D eigenvalue weighted by molar-refractivity contribution is 5.33. The number of hydrogen-bond donors (Lipinski definition) is 0. The van der Waals surface area contributed by atoms with E-state index in [2.05, 4.69) is 246 Å². The van der Waals surface area contributed by atoms with Crippen LogP contribution in [0.25, 0.3) is 0 Å². The summed E-state index contributed by atoms with van der Waals surface area (Å²) in [6, 6.07) is 45.2. The lowest BCUT2D eigenvalue weighted by Crippen LogP contribution is -2.12. The van der Waals surface area contributed by atoms with Gasteiger partial charge in [-0.2, -0.15) is 0 Å². The van der Waals surface area contributed by atoms with E-state index in [1.54, 1.807) is 11.1 Å². The monoisotopic (exact) mass is 1040 g/mol. The van der Waals surface area contributed by atoms with Gasteiger partial charge in [0, 0.05) is 2.74 Å². The van der Waals surface area contributed by atoms with Gasteiger partial charge in [0.1, 0.15) is 0 Å². The fourth-order valence-corrected chi connectivity index (χ4v) is 11.7. The minimum absolute atomic E-state index is 0.209. The van der Waals surface area contributed by atoms with Gasteiger partial charge in [0.25, 0.3) is 0 Å². The molecule has 9 rings (SSSR count). The van der Waals surface area contributed by atoms with Crippen LogP contribution in [-0.2, 0) is 33.5 Å². The Morgan fingerprint density at radius 2 is 0.481 bits per heavy atom. The van der Waals surface area contributed by atoms with Crippen LogP contribution < -0.4 is 0 Å². The van der Waals surface area contributed by atoms with Crippen LogP contribution in [0.2, 0.25) is 0 Å². The normalized spacial score (nSPS) is 18.6. The Morgan fingerprint density at radius 1 is 0.273 bits per heavy atom. The molecule has 0 aromatic heterocycles. The molecular weight excluding hydrogens is 925 g/mol. The molecule has 0 atom stereocenters. The van der Waals surface area contributed by atoms with Crippen LogP contribution in [0, 0.1) is 5.41 Å². The highest BCUT2D eigenvalue weighted by atomic mass is 14.3. The third-order valence-electron chi connectivity index (χ3n) is 17.0. The van der Waals surface area contributed by atoms with Crippen molar-refractivity contribution in [2.75, 3.05) is 0 Å². The van der Waals surface area contributed by atoms with Crippen molar-refractivity contribution < 1.29 is 2.74 Å². The second-order valence-electron chi connectivity index (χ2n) is 30.4.